The van der Waals surface area contributed by atoms with Crippen LogP contribution in [0, 0.1) is 0 Å². The fraction of sp³-hybridized carbons (Fsp3) is 0.333. The normalized spacial score (nSPS) is 18.2. The highest BCUT2D eigenvalue weighted by Crippen LogP contribution is 2.45. The average molecular weight is 398 g/mol. The molecule has 1 unspecified atom stereocenters. The molecular weight excluding hydrogens is 378 g/mol. The van der Waals surface area contributed by atoms with E-state index in [-0.39, 0.29) is 6.10 Å². The molecule has 28 heavy (non-hydrogen) atoms. The molecule has 0 spiro atoms. The van der Waals surface area contributed by atoms with Crippen LogP contribution < -0.4 is 9.47 Å². The highest BCUT2D eigenvalue weighted by Gasteiger charge is 2.35. The van der Waals surface area contributed by atoms with E-state index in [0.717, 1.165) is 41.3 Å². The molecule has 2 aliphatic rings. The highest BCUT2D eigenvalue weighted by atomic mass is 35.5. The van der Waals surface area contributed by atoms with Gasteiger partial charge in [-0.1, -0.05) is 23.7 Å². The van der Waals surface area contributed by atoms with Gasteiger partial charge >= 0.3 is 0 Å². The molecule has 0 amide bonds. The minimum absolute atomic E-state index is 0.344. The number of hydrogen-bond donors (Lipinski definition) is 0. The van der Waals surface area contributed by atoms with Crippen LogP contribution in [-0.4, -0.2) is 29.0 Å². The van der Waals surface area contributed by atoms with Gasteiger partial charge in [0.2, 0.25) is 0 Å². The Hall–Kier alpha value is -2.57. The lowest BCUT2D eigenvalue weighted by atomic mass is 9.98. The van der Waals surface area contributed by atoms with Crippen molar-refractivity contribution in [3.63, 3.8) is 0 Å². The SMILES string of the molecule is COc1cccc(C2OCc3nnc(C4CC4)n3-c3ccc(Cl)cc32)c1OC. The topological polar surface area (TPSA) is 58.4 Å². The summed E-state index contributed by atoms with van der Waals surface area (Å²) in [6.07, 6.45) is 1.93. The third-order valence-corrected chi connectivity index (χ3v) is 5.54. The first kappa shape index (κ1) is 17.5. The summed E-state index contributed by atoms with van der Waals surface area (Å²) in [6.45, 7) is 0.344. The average Bonchev–Trinajstić information content (AvgIpc) is 3.50. The zero-order valence-electron chi connectivity index (χ0n) is 15.7. The van der Waals surface area contributed by atoms with E-state index in [2.05, 4.69) is 14.8 Å². The molecule has 1 aliphatic heterocycles. The van der Waals surface area contributed by atoms with E-state index in [1.165, 1.54) is 0 Å². The molecule has 0 radical (unpaired) electrons. The molecule has 1 atom stereocenters. The van der Waals surface area contributed by atoms with Gasteiger partial charge in [-0.3, -0.25) is 4.57 Å². The molecule has 1 saturated carbocycles. The first-order chi connectivity index (χ1) is 13.7. The van der Waals surface area contributed by atoms with Gasteiger partial charge in [0.15, 0.2) is 17.3 Å². The quantitative estimate of drug-likeness (QED) is 0.651. The maximum Gasteiger partial charge on any atom is 0.166 e. The molecule has 1 aliphatic carbocycles. The number of aromatic nitrogens is 3. The molecule has 3 aromatic rings. The zero-order valence-corrected chi connectivity index (χ0v) is 16.4. The number of para-hydroxylation sites is 1. The van der Waals surface area contributed by atoms with Crippen molar-refractivity contribution >= 4 is 11.6 Å². The summed E-state index contributed by atoms with van der Waals surface area (Å²) in [7, 11) is 3.26. The van der Waals surface area contributed by atoms with Crippen LogP contribution in [-0.2, 0) is 11.3 Å². The molecule has 2 aromatic carbocycles. The lowest BCUT2D eigenvalue weighted by Crippen LogP contribution is -2.09. The van der Waals surface area contributed by atoms with Gasteiger partial charge in [0, 0.05) is 22.1 Å². The summed E-state index contributed by atoms with van der Waals surface area (Å²) >= 11 is 6.38. The van der Waals surface area contributed by atoms with Gasteiger partial charge in [-0.2, -0.15) is 0 Å². The second kappa shape index (κ2) is 6.79. The number of fused-ring (bicyclic) bond motifs is 3. The maximum atomic E-state index is 6.38. The molecule has 1 aromatic heterocycles. The van der Waals surface area contributed by atoms with Crippen molar-refractivity contribution in [3.05, 3.63) is 64.2 Å². The predicted molar refractivity (Wildman–Crippen MR) is 105 cm³/mol. The van der Waals surface area contributed by atoms with E-state index in [4.69, 9.17) is 25.8 Å². The fourth-order valence-corrected chi connectivity index (χ4v) is 4.04. The van der Waals surface area contributed by atoms with E-state index in [9.17, 15) is 0 Å². The molecule has 5 rings (SSSR count). The van der Waals surface area contributed by atoms with Crippen LogP contribution in [0.15, 0.2) is 36.4 Å². The van der Waals surface area contributed by atoms with Gasteiger partial charge in [0.05, 0.1) is 19.9 Å². The number of methoxy groups -OCH3 is 2. The third-order valence-electron chi connectivity index (χ3n) is 5.31. The number of halogens is 1. The number of rotatable bonds is 4. The summed E-state index contributed by atoms with van der Waals surface area (Å²) in [5, 5.41) is 9.49. The molecule has 0 saturated heterocycles. The largest absolute Gasteiger partial charge is 0.493 e. The second-order valence-electron chi connectivity index (χ2n) is 7.06. The lowest BCUT2D eigenvalue weighted by Gasteiger charge is -2.22. The summed E-state index contributed by atoms with van der Waals surface area (Å²) in [5.74, 6) is 3.58. The van der Waals surface area contributed by atoms with Crippen LogP contribution in [0.4, 0.5) is 0 Å². The van der Waals surface area contributed by atoms with Gasteiger partial charge in [-0.25, -0.2) is 0 Å². The van der Waals surface area contributed by atoms with Crippen molar-refractivity contribution in [2.75, 3.05) is 14.2 Å². The first-order valence-corrected chi connectivity index (χ1v) is 9.65. The van der Waals surface area contributed by atoms with Gasteiger partial charge in [0.1, 0.15) is 18.5 Å². The number of benzene rings is 2. The number of ether oxygens (including phenoxy) is 3. The van der Waals surface area contributed by atoms with Crippen LogP contribution >= 0.6 is 11.6 Å². The fourth-order valence-electron chi connectivity index (χ4n) is 3.85. The van der Waals surface area contributed by atoms with Gasteiger partial charge < -0.3 is 14.2 Å². The maximum absolute atomic E-state index is 6.38. The molecule has 2 heterocycles. The van der Waals surface area contributed by atoms with E-state index in [0.29, 0.717) is 29.0 Å². The molecule has 1 fully saturated rings. The predicted octanol–water partition coefficient (Wildman–Crippen LogP) is 4.43. The van der Waals surface area contributed by atoms with E-state index in [1.54, 1.807) is 14.2 Å². The molecule has 144 valence electrons. The molecular formula is C21H20ClN3O3. The number of nitrogens with zero attached hydrogens (tertiary/aromatic N) is 3. The van der Waals surface area contributed by atoms with Crippen molar-refractivity contribution in [2.24, 2.45) is 0 Å². The summed E-state index contributed by atoms with van der Waals surface area (Å²) in [6, 6.07) is 11.7. The van der Waals surface area contributed by atoms with E-state index < -0.39 is 0 Å². The third kappa shape index (κ3) is 2.75. The highest BCUT2D eigenvalue weighted by molar-refractivity contribution is 6.30. The summed E-state index contributed by atoms with van der Waals surface area (Å²) < 4.78 is 19.6. The van der Waals surface area contributed by atoms with E-state index >= 15 is 0 Å². The Morgan fingerprint density at radius 2 is 1.93 bits per heavy atom. The Morgan fingerprint density at radius 1 is 1.07 bits per heavy atom. The zero-order chi connectivity index (χ0) is 19.3. The van der Waals surface area contributed by atoms with Gasteiger partial charge in [0.25, 0.3) is 0 Å². The molecule has 0 bridgehead atoms. The summed E-state index contributed by atoms with van der Waals surface area (Å²) in [5.41, 5.74) is 2.84. The van der Waals surface area contributed by atoms with Crippen molar-refractivity contribution in [3.8, 4) is 17.2 Å². The Bertz CT molecular complexity index is 1050. The lowest BCUT2D eigenvalue weighted by molar-refractivity contribution is 0.0636. The van der Waals surface area contributed by atoms with Gasteiger partial charge in [-0.05, 0) is 37.1 Å². The van der Waals surface area contributed by atoms with Crippen molar-refractivity contribution in [1.82, 2.24) is 14.8 Å². The van der Waals surface area contributed by atoms with Crippen LogP contribution in [0.2, 0.25) is 5.02 Å². The van der Waals surface area contributed by atoms with Crippen molar-refractivity contribution < 1.29 is 14.2 Å². The molecule has 6 nitrogen and oxygen atoms in total. The Labute approximate surface area is 168 Å². The van der Waals surface area contributed by atoms with Crippen molar-refractivity contribution in [1.29, 1.82) is 0 Å². The summed E-state index contributed by atoms with van der Waals surface area (Å²) in [4.78, 5) is 0. The van der Waals surface area contributed by atoms with Crippen molar-refractivity contribution in [2.45, 2.75) is 31.5 Å². The standard InChI is InChI=1S/C21H20ClN3O3/c1-26-17-5-3-4-14(20(17)27-2)19-15-10-13(22)8-9-16(15)25-18(11-28-19)23-24-21(25)12-6-7-12/h3-5,8-10,12,19H,6-7,11H2,1-2H3. The smallest absolute Gasteiger partial charge is 0.166 e. The first-order valence-electron chi connectivity index (χ1n) is 9.27. The second-order valence-corrected chi connectivity index (χ2v) is 7.50. The Kier molecular flexibility index (Phi) is 4.25. The van der Waals surface area contributed by atoms with E-state index in [1.807, 2.05) is 36.4 Å². The Balaban J connectivity index is 1.72. The van der Waals surface area contributed by atoms with Crippen LogP contribution in [0.3, 0.4) is 0 Å². The minimum atomic E-state index is -0.368. The van der Waals surface area contributed by atoms with Gasteiger partial charge in [-0.15, -0.1) is 10.2 Å². The molecule has 0 N–H and O–H groups in total. The number of hydrogen-bond acceptors (Lipinski definition) is 5. The minimum Gasteiger partial charge on any atom is -0.493 e. The monoisotopic (exact) mass is 397 g/mol. The van der Waals surface area contributed by atoms with Crippen LogP contribution in [0.25, 0.3) is 5.69 Å². The molecule has 7 heteroatoms. The van der Waals surface area contributed by atoms with Crippen LogP contribution in [0.1, 0.15) is 47.6 Å². The Morgan fingerprint density at radius 3 is 2.68 bits per heavy atom. The van der Waals surface area contributed by atoms with Crippen LogP contribution in [0.5, 0.6) is 11.5 Å².